The number of benzene rings is 2. The van der Waals surface area contributed by atoms with Crippen molar-refractivity contribution in [1.82, 2.24) is 5.43 Å². The molecule has 1 aliphatic rings. The molecule has 0 radical (unpaired) electrons. The lowest BCUT2D eigenvalue weighted by Gasteiger charge is -2.07. The molecule has 0 spiro atoms. The minimum atomic E-state index is -0.267. The van der Waals surface area contributed by atoms with Crippen molar-refractivity contribution in [2.45, 2.75) is 12.3 Å². The lowest BCUT2D eigenvalue weighted by molar-refractivity contribution is -0.122. The summed E-state index contributed by atoms with van der Waals surface area (Å²) in [5.41, 5.74) is 3.87. The second-order valence-corrected chi connectivity index (χ2v) is 5.82. The van der Waals surface area contributed by atoms with Gasteiger partial charge in [0.1, 0.15) is 5.82 Å². The Bertz CT molecular complexity index is 807. The average molecular weight is 342 g/mol. The third-order valence-electron chi connectivity index (χ3n) is 4.23. The molecule has 2 aromatic rings. The van der Waals surface area contributed by atoms with Gasteiger partial charge < -0.3 is 9.47 Å². The molecule has 3 rings (SSSR count). The van der Waals surface area contributed by atoms with Gasteiger partial charge in [-0.25, -0.2) is 9.82 Å². The van der Waals surface area contributed by atoms with Crippen molar-refractivity contribution in [3.8, 4) is 11.5 Å². The molecule has 0 aromatic heterocycles. The van der Waals surface area contributed by atoms with Crippen molar-refractivity contribution < 1.29 is 18.7 Å². The molecule has 1 amide bonds. The molecule has 0 saturated heterocycles. The third kappa shape index (κ3) is 3.79. The summed E-state index contributed by atoms with van der Waals surface area (Å²) >= 11 is 0. The number of nitrogens with one attached hydrogen (secondary N) is 1. The van der Waals surface area contributed by atoms with E-state index in [2.05, 4.69) is 10.5 Å². The van der Waals surface area contributed by atoms with Gasteiger partial charge in [0.05, 0.1) is 20.4 Å². The number of halogens is 1. The van der Waals surface area contributed by atoms with E-state index in [1.807, 2.05) is 0 Å². The summed E-state index contributed by atoms with van der Waals surface area (Å²) < 4.78 is 24.1. The molecule has 130 valence electrons. The van der Waals surface area contributed by atoms with Crippen LogP contribution < -0.4 is 14.9 Å². The average Bonchev–Trinajstić information content (AvgIpc) is 3.42. The van der Waals surface area contributed by atoms with Crippen LogP contribution in [-0.2, 0) is 4.79 Å². The molecule has 2 atom stereocenters. The normalized spacial score (nSPS) is 18.8. The lowest BCUT2D eigenvalue weighted by Crippen LogP contribution is -2.20. The van der Waals surface area contributed by atoms with Gasteiger partial charge in [0.25, 0.3) is 0 Å². The second-order valence-electron chi connectivity index (χ2n) is 5.82. The van der Waals surface area contributed by atoms with E-state index in [1.165, 1.54) is 12.3 Å². The Kier molecular flexibility index (Phi) is 4.97. The Morgan fingerprint density at radius 1 is 1.20 bits per heavy atom. The Morgan fingerprint density at radius 3 is 2.68 bits per heavy atom. The van der Waals surface area contributed by atoms with Crippen LogP contribution in [0.5, 0.6) is 11.5 Å². The van der Waals surface area contributed by atoms with Crippen LogP contribution in [0.2, 0.25) is 0 Å². The van der Waals surface area contributed by atoms with Gasteiger partial charge in [0.2, 0.25) is 5.91 Å². The Labute approximate surface area is 145 Å². The summed E-state index contributed by atoms with van der Waals surface area (Å²) in [7, 11) is 3.12. The third-order valence-corrected chi connectivity index (χ3v) is 4.23. The number of methoxy groups -OCH3 is 2. The number of carbonyl (C=O) groups is 1. The van der Waals surface area contributed by atoms with Gasteiger partial charge in [-0.05, 0) is 47.7 Å². The highest BCUT2D eigenvalue weighted by atomic mass is 19.1. The van der Waals surface area contributed by atoms with E-state index in [0.29, 0.717) is 23.5 Å². The molecule has 1 aliphatic carbocycles. The first-order chi connectivity index (χ1) is 12.1. The number of ether oxygens (including phenoxy) is 2. The number of hydrogen-bond acceptors (Lipinski definition) is 4. The maximum atomic E-state index is 13.7. The minimum Gasteiger partial charge on any atom is -0.493 e. The molecule has 6 heteroatoms. The number of hydrogen-bond donors (Lipinski definition) is 1. The van der Waals surface area contributed by atoms with Gasteiger partial charge in [0, 0.05) is 5.92 Å². The molecule has 25 heavy (non-hydrogen) atoms. The molecule has 5 nitrogen and oxygen atoms in total. The van der Waals surface area contributed by atoms with Crippen molar-refractivity contribution in [2.24, 2.45) is 11.0 Å². The minimum absolute atomic E-state index is 0.0718. The summed E-state index contributed by atoms with van der Waals surface area (Å²) in [5.74, 6) is 0.424. The highest BCUT2D eigenvalue weighted by Crippen LogP contribution is 2.48. The van der Waals surface area contributed by atoms with Crippen LogP contribution in [0.3, 0.4) is 0 Å². The second kappa shape index (κ2) is 7.34. The molecule has 2 aromatic carbocycles. The molecule has 2 unspecified atom stereocenters. The standard InChI is InChI=1S/C19H19FN2O3/c1-24-17-8-7-12(9-18(17)25-2)11-21-22-19(23)15-10-14(15)13-5-3-4-6-16(13)20/h3-9,11,14-15H,10H2,1-2H3,(H,22,23). The number of amides is 1. The largest absolute Gasteiger partial charge is 0.493 e. The molecular weight excluding hydrogens is 323 g/mol. The van der Waals surface area contributed by atoms with Gasteiger partial charge in [-0.15, -0.1) is 0 Å². The quantitative estimate of drug-likeness (QED) is 0.648. The van der Waals surface area contributed by atoms with Crippen molar-refractivity contribution in [2.75, 3.05) is 14.2 Å². The van der Waals surface area contributed by atoms with Gasteiger partial charge in [0.15, 0.2) is 11.5 Å². The van der Waals surface area contributed by atoms with E-state index >= 15 is 0 Å². The fourth-order valence-electron chi connectivity index (χ4n) is 2.79. The van der Waals surface area contributed by atoms with Crippen LogP contribution in [-0.4, -0.2) is 26.3 Å². The zero-order valence-electron chi connectivity index (χ0n) is 14.0. The monoisotopic (exact) mass is 342 g/mol. The van der Waals surface area contributed by atoms with E-state index in [0.717, 1.165) is 5.56 Å². The Balaban J connectivity index is 1.58. The summed E-state index contributed by atoms with van der Waals surface area (Å²) in [6, 6.07) is 11.9. The van der Waals surface area contributed by atoms with Gasteiger partial charge in [-0.2, -0.15) is 5.10 Å². The SMILES string of the molecule is COc1ccc(C=NNC(=O)C2CC2c2ccccc2F)cc1OC. The van der Waals surface area contributed by atoms with Crippen LogP contribution in [0, 0.1) is 11.7 Å². The summed E-state index contributed by atoms with van der Waals surface area (Å²) in [5, 5.41) is 3.97. The maximum Gasteiger partial charge on any atom is 0.243 e. The number of carbonyl (C=O) groups excluding carboxylic acids is 1. The van der Waals surface area contributed by atoms with Crippen molar-refractivity contribution in [1.29, 1.82) is 0 Å². The predicted molar refractivity (Wildman–Crippen MR) is 92.5 cm³/mol. The molecule has 1 N–H and O–H groups in total. The number of rotatable bonds is 6. The first kappa shape index (κ1) is 17.0. The maximum absolute atomic E-state index is 13.7. The first-order valence-corrected chi connectivity index (χ1v) is 7.93. The highest BCUT2D eigenvalue weighted by Gasteiger charge is 2.45. The Hall–Kier alpha value is -2.89. The van der Waals surface area contributed by atoms with Gasteiger partial charge in [-0.1, -0.05) is 18.2 Å². The Morgan fingerprint density at radius 2 is 1.96 bits per heavy atom. The molecule has 1 saturated carbocycles. The number of nitrogens with zero attached hydrogens (tertiary/aromatic N) is 1. The van der Waals surface area contributed by atoms with Crippen LogP contribution in [0.15, 0.2) is 47.6 Å². The zero-order valence-corrected chi connectivity index (χ0v) is 14.0. The van der Waals surface area contributed by atoms with E-state index in [9.17, 15) is 9.18 Å². The van der Waals surface area contributed by atoms with Crippen LogP contribution in [0.1, 0.15) is 23.5 Å². The zero-order chi connectivity index (χ0) is 17.8. The van der Waals surface area contributed by atoms with Crippen molar-refractivity contribution >= 4 is 12.1 Å². The first-order valence-electron chi connectivity index (χ1n) is 7.93. The van der Waals surface area contributed by atoms with Crippen LogP contribution in [0.4, 0.5) is 4.39 Å². The molecule has 0 heterocycles. The predicted octanol–water partition coefficient (Wildman–Crippen LogP) is 3.10. The molecule has 0 aliphatic heterocycles. The summed E-state index contributed by atoms with van der Waals surface area (Å²) in [4.78, 5) is 12.1. The molecule has 0 bridgehead atoms. The van der Waals surface area contributed by atoms with Gasteiger partial charge >= 0.3 is 0 Å². The van der Waals surface area contributed by atoms with Crippen molar-refractivity contribution in [3.63, 3.8) is 0 Å². The fraction of sp³-hybridized carbons (Fsp3) is 0.263. The molecular formula is C19H19FN2O3. The van der Waals surface area contributed by atoms with Crippen LogP contribution >= 0.6 is 0 Å². The topological polar surface area (TPSA) is 59.9 Å². The smallest absolute Gasteiger partial charge is 0.243 e. The summed E-state index contributed by atoms with van der Waals surface area (Å²) in [6.07, 6.45) is 2.17. The van der Waals surface area contributed by atoms with E-state index in [-0.39, 0.29) is 23.6 Å². The summed E-state index contributed by atoms with van der Waals surface area (Å²) in [6.45, 7) is 0. The van der Waals surface area contributed by atoms with Crippen LogP contribution in [0.25, 0.3) is 0 Å². The fourth-order valence-corrected chi connectivity index (χ4v) is 2.79. The number of hydrazone groups is 1. The van der Waals surface area contributed by atoms with Gasteiger partial charge in [-0.3, -0.25) is 4.79 Å². The lowest BCUT2D eigenvalue weighted by atomic mass is 10.1. The highest BCUT2D eigenvalue weighted by molar-refractivity contribution is 5.86. The van der Waals surface area contributed by atoms with E-state index < -0.39 is 0 Å². The van der Waals surface area contributed by atoms with E-state index in [1.54, 1.807) is 50.6 Å². The van der Waals surface area contributed by atoms with Crippen molar-refractivity contribution in [3.05, 3.63) is 59.4 Å². The van der Waals surface area contributed by atoms with E-state index in [4.69, 9.17) is 9.47 Å². The molecule has 1 fully saturated rings.